The molecule has 4 rings (SSSR count). The van der Waals surface area contributed by atoms with Crippen molar-refractivity contribution in [2.75, 3.05) is 5.32 Å². The lowest BCUT2D eigenvalue weighted by molar-refractivity contribution is 0.189. The summed E-state index contributed by atoms with van der Waals surface area (Å²) in [5, 5.41) is 15.3. The van der Waals surface area contributed by atoms with E-state index < -0.39 is 6.09 Å². The fraction of sp³-hybridized carbons (Fsp3) is 0.235. The van der Waals surface area contributed by atoms with Crippen molar-refractivity contribution < 1.29 is 9.90 Å². The number of carboxylic acid groups (broad SMARTS) is 1. The molecule has 0 saturated heterocycles. The molecule has 0 fully saturated rings. The second-order valence-electron chi connectivity index (χ2n) is 5.71. The maximum absolute atomic E-state index is 11.1. The summed E-state index contributed by atoms with van der Waals surface area (Å²) in [7, 11) is 0. The summed E-state index contributed by atoms with van der Waals surface area (Å²) in [4.78, 5) is 11.1. The van der Waals surface area contributed by atoms with E-state index in [2.05, 4.69) is 41.0 Å². The molecule has 0 saturated carbocycles. The Morgan fingerprint density at radius 3 is 2.71 bits per heavy atom. The number of anilines is 1. The number of hydrogen-bond donors (Lipinski definition) is 3. The molecule has 1 aliphatic heterocycles. The van der Waals surface area contributed by atoms with E-state index in [1.54, 1.807) is 0 Å². The molecule has 3 N–H and O–H groups in total. The number of fused-ring (bicyclic) bond motifs is 1. The zero-order valence-electron chi connectivity index (χ0n) is 11.5. The van der Waals surface area contributed by atoms with Gasteiger partial charge in [-0.2, -0.15) is 0 Å². The Morgan fingerprint density at radius 1 is 1.10 bits per heavy atom. The molecule has 0 spiro atoms. The summed E-state index contributed by atoms with van der Waals surface area (Å²) >= 11 is 0. The number of amides is 1. The summed E-state index contributed by atoms with van der Waals surface area (Å²) in [6.07, 6.45) is 0.673. The minimum absolute atomic E-state index is 0.0101. The van der Waals surface area contributed by atoms with Gasteiger partial charge in [-0.25, -0.2) is 4.79 Å². The third-order valence-electron chi connectivity index (χ3n) is 4.46. The molecular weight excluding hydrogens is 264 g/mol. The molecule has 106 valence electrons. The third kappa shape index (κ3) is 1.95. The molecule has 2 aromatic rings. The van der Waals surface area contributed by atoms with Crippen molar-refractivity contribution >= 4 is 11.8 Å². The minimum Gasteiger partial charge on any atom is -0.465 e. The van der Waals surface area contributed by atoms with Crippen LogP contribution in [0.3, 0.4) is 0 Å². The van der Waals surface area contributed by atoms with Crippen LogP contribution in [0.15, 0.2) is 42.5 Å². The molecule has 0 unspecified atom stereocenters. The van der Waals surface area contributed by atoms with Crippen LogP contribution in [0.2, 0.25) is 0 Å². The van der Waals surface area contributed by atoms with Crippen molar-refractivity contribution in [3.8, 4) is 0 Å². The second-order valence-corrected chi connectivity index (χ2v) is 5.71. The van der Waals surface area contributed by atoms with Gasteiger partial charge in [-0.15, -0.1) is 0 Å². The average molecular weight is 280 g/mol. The number of benzene rings is 2. The summed E-state index contributed by atoms with van der Waals surface area (Å²) in [6, 6.07) is 14.5. The van der Waals surface area contributed by atoms with E-state index in [1.165, 1.54) is 22.3 Å². The van der Waals surface area contributed by atoms with E-state index in [0.717, 1.165) is 18.5 Å². The minimum atomic E-state index is -0.964. The lowest BCUT2D eigenvalue weighted by Gasteiger charge is -2.22. The van der Waals surface area contributed by atoms with E-state index >= 15 is 0 Å². The highest BCUT2D eigenvalue weighted by molar-refractivity contribution is 5.67. The molecule has 2 atom stereocenters. The highest BCUT2D eigenvalue weighted by Crippen LogP contribution is 2.41. The smallest absolute Gasteiger partial charge is 0.404 e. The van der Waals surface area contributed by atoms with Crippen LogP contribution >= 0.6 is 0 Å². The molecule has 2 aliphatic rings. The molecule has 1 amide bonds. The summed E-state index contributed by atoms with van der Waals surface area (Å²) < 4.78 is 0. The quantitative estimate of drug-likeness (QED) is 0.752. The van der Waals surface area contributed by atoms with Crippen LogP contribution in [0.1, 0.15) is 28.3 Å². The van der Waals surface area contributed by atoms with Crippen LogP contribution < -0.4 is 10.6 Å². The monoisotopic (exact) mass is 280 g/mol. The van der Waals surface area contributed by atoms with E-state index in [-0.39, 0.29) is 12.1 Å². The maximum Gasteiger partial charge on any atom is 0.404 e. The Bertz CT molecular complexity index is 726. The number of carbonyl (C=O) groups is 1. The van der Waals surface area contributed by atoms with Crippen LogP contribution in [0, 0.1) is 0 Å². The molecule has 2 aromatic carbocycles. The van der Waals surface area contributed by atoms with Gasteiger partial charge in [0.25, 0.3) is 0 Å². The molecule has 1 aliphatic carbocycles. The van der Waals surface area contributed by atoms with Gasteiger partial charge in [0.05, 0.1) is 12.1 Å². The highest BCUT2D eigenvalue weighted by atomic mass is 16.4. The largest absolute Gasteiger partial charge is 0.465 e. The van der Waals surface area contributed by atoms with Gasteiger partial charge in [0, 0.05) is 5.69 Å². The Morgan fingerprint density at radius 2 is 1.86 bits per heavy atom. The fourth-order valence-electron chi connectivity index (χ4n) is 3.61. The van der Waals surface area contributed by atoms with E-state index in [1.807, 2.05) is 12.1 Å². The molecule has 21 heavy (non-hydrogen) atoms. The van der Waals surface area contributed by atoms with Crippen molar-refractivity contribution in [2.24, 2.45) is 0 Å². The van der Waals surface area contributed by atoms with Gasteiger partial charge in [0.2, 0.25) is 0 Å². The zero-order valence-corrected chi connectivity index (χ0v) is 11.5. The number of nitrogens with one attached hydrogen (secondary N) is 2. The Labute approximate surface area is 122 Å². The van der Waals surface area contributed by atoms with Crippen LogP contribution in [-0.2, 0) is 12.8 Å². The predicted octanol–water partition coefficient (Wildman–Crippen LogP) is 2.94. The van der Waals surface area contributed by atoms with Crippen LogP contribution in [0.4, 0.5) is 10.5 Å². The molecule has 0 bridgehead atoms. The van der Waals surface area contributed by atoms with Crippen molar-refractivity contribution in [1.29, 1.82) is 0 Å². The van der Waals surface area contributed by atoms with E-state index in [0.29, 0.717) is 0 Å². The summed E-state index contributed by atoms with van der Waals surface area (Å²) in [5.74, 6) is 0. The highest BCUT2D eigenvalue weighted by Gasteiger charge is 2.36. The van der Waals surface area contributed by atoms with Crippen molar-refractivity contribution in [1.82, 2.24) is 5.32 Å². The molecule has 4 heteroatoms. The number of hydrogen-bond acceptors (Lipinski definition) is 2. The van der Waals surface area contributed by atoms with Gasteiger partial charge in [-0.1, -0.05) is 36.4 Å². The van der Waals surface area contributed by atoms with E-state index in [4.69, 9.17) is 5.11 Å². The third-order valence-corrected chi connectivity index (χ3v) is 4.46. The fourth-order valence-corrected chi connectivity index (χ4v) is 3.61. The Hall–Kier alpha value is -2.49. The molecule has 0 radical (unpaired) electrons. The topological polar surface area (TPSA) is 61.4 Å². The number of rotatable bonds is 1. The van der Waals surface area contributed by atoms with E-state index in [9.17, 15) is 4.79 Å². The number of para-hydroxylation sites is 1. The maximum atomic E-state index is 11.1. The van der Waals surface area contributed by atoms with Crippen LogP contribution in [0.25, 0.3) is 0 Å². The van der Waals surface area contributed by atoms with Crippen molar-refractivity contribution in [3.63, 3.8) is 0 Å². The second kappa shape index (κ2) is 4.52. The summed E-state index contributed by atoms with van der Waals surface area (Å²) in [5.41, 5.74) is 6.17. The van der Waals surface area contributed by atoms with Crippen molar-refractivity contribution in [3.05, 3.63) is 64.7 Å². The van der Waals surface area contributed by atoms with Gasteiger partial charge in [0.1, 0.15) is 0 Å². The van der Waals surface area contributed by atoms with Gasteiger partial charge in [0.15, 0.2) is 0 Å². The first-order valence-corrected chi connectivity index (χ1v) is 7.17. The molecule has 0 aromatic heterocycles. The summed E-state index contributed by atoms with van der Waals surface area (Å²) in [6.45, 7) is 0. The first-order chi connectivity index (χ1) is 10.2. The first-order valence-electron chi connectivity index (χ1n) is 7.17. The standard InChI is InChI=1S/C17H16N2O2/c20-17(21)19-14-9-12-6-3-5-11-8-10-4-1-2-7-13(10)18-16(14)15(11)12/h1-7,14,16,18-19H,8-9H2,(H,20,21)/t14-,16-/m1/s1. The Kier molecular flexibility index (Phi) is 2.64. The lowest BCUT2D eigenvalue weighted by atomic mass is 9.97. The normalized spacial score (nSPS) is 21.7. The average Bonchev–Trinajstić information content (AvgIpc) is 2.69. The van der Waals surface area contributed by atoms with Gasteiger partial charge >= 0.3 is 6.09 Å². The molecular formula is C17H16N2O2. The SMILES string of the molecule is O=C(O)N[C@@H]1Cc2cccc3c2[C@@H]1Nc1ccccc1C3. The van der Waals surface area contributed by atoms with Crippen molar-refractivity contribution in [2.45, 2.75) is 24.9 Å². The molecule has 1 heterocycles. The van der Waals surface area contributed by atoms with Gasteiger partial charge < -0.3 is 15.7 Å². The van der Waals surface area contributed by atoms with Crippen LogP contribution in [0.5, 0.6) is 0 Å². The van der Waals surface area contributed by atoms with Gasteiger partial charge in [-0.05, 0) is 41.2 Å². The van der Waals surface area contributed by atoms with Gasteiger partial charge in [-0.3, -0.25) is 0 Å². The Balaban J connectivity index is 1.83. The zero-order chi connectivity index (χ0) is 14.4. The van der Waals surface area contributed by atoms with Crippen LogP contribution in [-0.4, -0.2) is 17.2 Å². The lowest BCUT2D eigenvalue weighted by Crippen LogP contribution is -2.39. The predicted molar refractivity (Wildman–Crippen MR) is 80.7 cm³/mol. The molecule has 4 nitrogen and oxygen atoms in total. The first kappa shape index (κ1) is 12.3.